The van der Waals surface area contributed by atoms with E-state index >= 15 is 0 Å². The number of nitrogens with one attached hydrogen (secondary N) is 1. The molecule has 6 heterocycles. The van der Waals surface area contributed by atoms with Crippen molar-refractivity contribution in [2.45, 2.75) is 64.5 Å². The van der Waals surface area contributed by atoms with Gasteiger partial charge in [-0.05, 0) is 72.5 Å². The summed E-state index contributed by atoms with van der Waals surface area (Å²) in [4.78, 5) is 45.6. The van der Waals surface area contributed by atoms with Gasteiger partial charge in [0.05, 0.1) is 58.3 Å². The smallest absolute Gasteiger partial charge is 0.410 e. The Morgan fingerprint density at radius 3 is 2.61 bits per heavy atom. The summed E-state index contributed by atoms with van der Waals surface area (Å²) in [6.07, 6.45) is 12.6. The summed E-state index contributed by atoms with van der Waals surface area (Å²) in [7, 11) is 2.13. The molecule has 1 atom stereocenters. The van der Waals surface area contributed by atoms with Crippen molar-refractivity contribution in [1.29, 1.82) is 0 Å². The average molecular weight is 622 g/mol. The van der Waals surface area contributed by atoms with Gasteiger partial charge in [-0.3, -0.25) is 14.5 Å². The van der Waals surface area contributed by atoms with Crippen LogP contribution < -0.4 is 10.2 Å². The van der Waals surface area contributed by atoms with E-state index in [-0.39, 0.29) is 12.0 Å². The van der Waals surface area contributed by atoms with Gasteiger partial charge >= 0.3 is 6.09 Å². The molecule has 0 bridgehead atoms. The van der Waals surface area contributed by atoms with Gasteiger partial charge in [0, 0.05) is 37.9 Å². The molecule has 6 rings (SSSR count). The number of aromatic nitrogens is 5. The quantitative estimate of drug-likeness (QED) is 0.412. The minimum atomic E-state index is -0.549. The number of carbonyl (C=O) groups is 2. The van der Waals surface area contributed by atoms with Crippen molar-refractivity contribution in [2.75, 3.05) is 50.0 Å². The number of amides is 2. The van der Waals surface area contributed by atoms with Gasteiger partial charge < -0.3 is 24.8 Å². The minimum Gasteiger partial charge on any atom is -0.444 e. The van der Waals surface area contributed by atoms with Crippen LogP contribution in [0.1, 0.15) is 58.9 Å². The molecule has 3 aromatic heterocycles. The number of hydrogen-bond acceptors (Lipinski definition) is 9. The van der Waals surface area contributed by atoms with Crippen molar-refractivity contribution in [3.63, 3.8) is 0 Å². The fourth-order valence-electron chi connectivity index (χ4n) is 6.39. The lowest BCUT2D eigenvalue weighted by atomic mass is 9.77. The van der Waals surface area contributed by atoms with Crippen LogP contribution in [0.3, 0.4) is 0 Å². The monoisotopic (exact) mass is 621 g/mol. The van der Waals surface area contributed by atoms with Crippen LogP contribution in [-0.2, 0) is 9.53 Å². The SMILES string of the molecule is CN1CCCC(n2cc(-c3nc(Nc4cncc(N5CCC6(CCN(C(=O)OC(C)(C)C)CC6)C5=O)c4)ncc3Cl)cn2)C1. The number of piperidine rings is 2. The summed E-state index contributed by atoms with van der Waals surface area (Å²) in [5.74, 6) is 0.443. The van der Waals surface area contributed by atoms with Crippen molar-refractivity contribution < 1.29 is 14.3 Å². The van der Waals surface area contributed by atoms with Crippen molar-refractivity contribution in [3.05, 3.63) is 42.1 Å². The fraction of sp³-hybridized carbons (Fsp3) is 0.548. The Labute approximate surface area is 262 Å². The molecular formula is C31H40ClN9O3. The molecule has 13 heteroatoms. The van der Waals surface area contributed by atoms with Crippen LogP contribution in [0, 0.1) is 5.41 Å². The van der Waals surface area contributed by atoms with Gasteiger partial charge in [0.25, 0.3) is 0 Å². The van der Waals surface area contributed by atoms with Crippen LogP contribution >= 0.6 is 11.6 Å². The van der Waals surface area contributed by atoms with Crippen molar-refractivity contribution in [1.82, 2.24) is 34.5 Å². The summed E-state index contributed by atoms with van der Waals surface area (Å²) in [6.45, 7) is 9.23. The molecule has 3 aromatic rings. The predicted octanol–water partition coefficient (Wildman–Crippen LogP) is 5.15. The molecular weight excluding hydrogens is 582 g/mol. The number of likely N-dealkylation sites (N-methyl/N-ethyl adjacent to an activating group) is 1. The van der Waals surface area contributed by atoms with E-state index in [9.17, 15) is 9.59 Å². The minimum absolute atomic E-state index is 0.0755. The molecule has 3 aliphatic rings. The Hall–Kier alpha value is -3.77. The van der Waals surface area contributed by atoms with Crippen LogP contribution in [0.2, 0.25) is 5.02 Å². The van der Waals surface area contributed by atoms with Gasteiger partial charge in [0.1, 0.15) is 5.60 Å². The number of carbonyl (C=O) groups excluding carboxylic acids is 2. The molecule has 234 valence electrons. The molecule has 1 unspecified atom stereocenters. The van der Waals surface area contributed by atoms with Crippen LogP contribution in [0.15, 0.2) is 37.1 Å². The van der Waals surface area contributed by atoms with Crippen LogP contribution in [0.25, 0.3) is 11.3 Å². The highest BCUT2D eigenvalue weighted by Crippen LogP contribution is 2.43. The first-order valence-electron chi connectivity index (χ1n) is 15.3. The molecule has 3 aliphatic heterocycles. The fourth-order valence-corrected chi connectivity index (χ4v) is 6.59. The zero-order valence-electron chi connectivity index (χ0n) is 25.8. The molecule has 0 aromatic carbocycles. The number of pyridine rings is 1. The number of halogens is 1. The first-order valence-corrected chi connectivity index (χ1v) is 15.7. The Morgan fingerprint density at radius 1 is 1.09 bits per heavy atom. The molecule has 2 amide bonds. The van der Waals surface area contributed by atoms with Crippen molar-refractivity contribution in [2.24, 2.45) is 5.41 Å². The topological polar surface area (TPSA) is 122 Å². The van der Waals surface area contributed by atoms with Crippen LogP contribution in [0.4, 0.5) is 22.1 Å². The third-order valence-electron chi connectivity index (χ3n) is 8.77. The lowest BCUT2D eigenvalue weighted by Gasteiger charge is -2.38. The Morgan fingerprint density at radius 2 is 1.86 bits per heavy atom. The van der Waals surface area contributed by atoms with Gasteiger partial charge in [-0.25, -0.2) is 14.8 Å². The molecule has 0 radical (unpaired) electrons. The third-order valence-corrected chi connectivity index (χ3v) is 9.05. The van der Waals surface area contributed by atoms with E-state index < -0.39 is 11.0 Å². The maximum absolute atomic E-state index is 13.7. The number of nitrogens with zero attached hydrogens (tertiary/aromatic N) is 8. The molecule has 3 saturated heterocycles. The van der Waals surface area contributed by atoms with E-state index in [2.05, 4.69) is 32.3 Å². The summed E-state index contributed by atoms with van der Waals surface area (Å²) < 4.78 is 7.53. The Bertz CT molecular complexity index is 1530. The summed E-state index contributed by atoms with van der Waals surface area (Å²) in [5, 5.41) is 8.28. The second kappa shape index (κ2) is 12.0. The van der Waals surface area contributed by atoms with E-state index in [4.69, 9.17) is 21.3 Å². The van der Waals surface area contributed by atoms with Gasteiger partial charge in [-0.2, -0.15) is 5.10 Å². The number of anilines is 3. The molecule has 44 heavy (non-hydrogen) atoms. The highest BCUT2D eigenvalue weighted by Gasteiger charge is 2.49. The zero-order chi connectivity index (χ0) is 31.1. The van der Waals surface area contributed by atoms with Gasteiger partial charge in [0.2, 0.25) is 11.9 Å². The van der Waals surface area contributed by atoms with E-state index in [0.29, 0.717) is 66.6 Å². The Balaban J connectivity index is 1.12. The van der Waals surface area contributed by atoms with Crippen LogP contribution in [0.5, 0.6) is 0 Å². The second-order valence-corrected chi connectivity index (χ2v) is 13.6. The summed E-state index contributed by atoms with van der Waals surface area (Å²) in [5.41, 5.74) is 1.76. The number of hydrogen-bond donors (Lipinski definition) is 1. The largest absolute Gasteiger partial charge is 0.444 e. The Kier molecular flexibility index (Phi) is 8.23. The molecule has 0 aliphatic carbocycles. The molecule has 12 nitrogen and oxygen atoms in total. The number of ether oxygens (including phenoxy) is 1. The molecule has 1 N–H and O–H groups in total. The second-order valence-electron chi connectivity index (χ2n) is 13.2. The maximum atomic E-state index is 13.7. The number of rotatable bonds is 5. The van der Waals surface area contributed by atoms with E-state index in [1.165, 1.54) is 0 Å². The zero-order valence-corrected chi connectivity index (χ0v) is 26.5. The highest BCUT2D eigenvalue weighted by molar-refractivity contribution is 6.32. The normalized spacial score (nSPS) is 20.8. The first-order chi connectivity index (χ1) is 21.0. The van der Waals surface area contributed by atoms with Gasteiger partial charge in [-0.15, -0.1) is 0 Å². The van der Waals surface area contributed by atoms with Crippen molar-refractivity contribution >= 4 is 40.9 Å². The number of likely N-dealkylation sites (tertiary alicyclic amines) is 2. The summed E-state index contributed by atoms with van der Waals surface area (Å²) >= 11 is 6.52. The lowest BCUT2D eigenvalue weighted by Crippen LogP contribution is -2.48. The van der Waals surface area contributed by atoms with E-state index in [1.807, 2.05) is 37.7 Å². The average Bonchev–Trinajstić information content (AvgIpc) is 3.59. The van der Waals surface area contributed by atoms with Gasteiger partial charge in [0.15, 0.2) is 0 Å². The van der Waals surface area contributed by atoms with Gasteiger partial charge in [-0.1, -0.05) is 11.6 Å². The molecule has 1 spiro atoms. The standard InChI is InChI=1S/C31H40ClN9O3/c1-30(2,3)44-29(43)39-11-7-31(8-12-39)9-13-40(27(31)42)24-14-22(16-33-17-24)36-28-34-18-25(32)26(37-28)21-15-35-41(19-21)23-6-5-10-38(4)20-23/h14-19,23H,5-13,20H2,1-4H3,(H,34,36,37). The van der Waals surface area contributed by atoms with E-state index in [0.717, 1.165) is 37.9 Å². The predicted molar refractivity (Wildman–Crippen MR) is 168 cm³/mol. The summed E-state index contributed by atoms with van der Waals surface area (Å²) in [6, 6.07) is 2.20. The third kappa shape index (κ3) is 6.37. The van der Waals surface area contributed by atoms with Crippen molar-refractivity contribution in [3.8, 4) is 11.3 Å². The maximum Gasteiger partial charge on any atom is 0.410 e. The van der Waals surface area contributed by atoms with Crippen LogP contribution in [-0.4, -0.2) is 91.9 Å². The first kappa shape index (κ1) is 30.3. The lowest BCUT2D eigenvalue weighted by molar-refractivity contribution is -0.128. The van der Waals surface area contributed by atoms with E-state index in [1.54, 1.807) is 34.6 Å². The molecule has 3 fully saturated rings. The molecule has 0 saturated carbocycles. The highest BCUT2D eigenvalue weighted by atomic mass is 35.5.